The first-order chi connectivity index (χ1) is 8.40. The SMILES string of the molecule is CC1(C)C[C@@H]1C(=O)N1CCCC(CCC(=O)O)C1. The number of rotatable bonds is 4. The molecule has 0 aromatic rings. The van der Waals surface area contributed by atoms with Crippen LogP contribution in [0.5, 0.6) is 0 Å². The van der Waals surface area contributed by atoms with Crippen LogP contribution < -0.4 is 0 Å². The third-order valence-electron chi connectivity index (χ3n) is 4.41. The van der Waals surface area contributed by atoms with Gasteiger partial charge in [-0.15, -0.1) is 0 Å². The second-order valence-electron chi connectivity index (χ2n) is 6.47. The van der Waals surface area contributed by atoms with Crippen molar-refractivity contribution in [1.29, 1.82) is 0 Å². The van der Waals surface area contributed by atoms with E-state index in [1.165, 1.54) is 0 Å². The molecule has 18 heavy (non-hydrogen) atoms. The van der Waals surface area contributed by atoms with Gasteiger partial charge in [-0.05, 0) is 37.0 Å². The maximum Gasteiger partial charge on any atom is 0.303 e. The van der Waals surface area contributed by atoms with Gasteiger partial charge >= 0.3 is 5.97 Å². The molecule has 2 aliphatic rings. The molecule has 1 amide bonds. The number of hydrogen-bond donors (Lipinski definition) is 1. The summed E-state index contributed by atoms with van der Waals surface area (Å²) in [6.45, 7) is 5.90. The van der Waals surface area contributed by atoms with Crippen molar-refractivity contribution in [2.45, 2.75) is 46.0 Å². The van der Waals surface area contributed by atoms with Crippen LogP contribution in [-0.4, -0.2) is 35.0 Å². The minimum Gasteiger partial charge on any atom is -0.481 e. The van der Waals surface area contributed by atoms with Crippen LogP contribution in [0.4, 0.5) is 0 Å². The molecule has 1 unspecified atom stereocenters. The number of aliphatic carboxylic acids is 1. The predicted octanol–water partition coefficient (Wildman–Crippen LogP) is 2.14. The van der Waals surface area contributed by atoms with Crippen molar-refractivity contribution in [3.63, 3.8) is 0 Å². The Morgan fingerprint density at radius 3 is 2.61 bits per heavy atom. The first kappa shape index (κ1) is 13.4. The van der Waals surface area contributed by atoms with E-state index in [1.807, 2.05) is 4.90 Å². The monoisotopic (exact) mass is 253 g/mol. The summed E-state index contributed by atoms with van der Waals surface area (Å²) in [7, 11) is 0. The largest absolute Gasteiger partial charge is 0.481 e. The number of piperidine rings is 1. The van der Waals surface area contributed by atoms with Gasteiger partial charge in [0.15, 0.2) is 0 Å². The first-order valence-electron chi connectivity index (χ1n) is 6.91. The van der Waals surface area contributed by atoms with Crippen molar-refractivity contribution in [2.75, 3.05) is 13.1 Å². The van der Waals surface area contributed by atoms with Gasteiger partial charge in [0, 0.05) is 25.4 Å². The van der Waals surface area contributed by atoms with Crippen LogP contribution in [0.25, 0.3) is 0 Å². The molecule has 0 aromatic heterocycles. The number of carbonyl (C=O) groups excluding carboxylic acids is 1. The fourth-order valence-corrected chi connectivity index (χ4v) is 2.94. The predicted molar refractivity (Wildman–Crippen MR) is 68.1 cm³/mol. The lowest BCUT2D eigenvalue weighted by atomic mass is 9.93. The molecule has 4 nitrogen and oxygen atoms in total. The van der Waals surface area contributed by atoms with Crippen molar-refractivity contribution < 1.29 is 14.7 Å². The van der Waals surface area contributed by atoms with E-state index in [2.05, 4.69) is 13.8 Å². The normalized spacial score (nSPS) is 30.0. The highest BCUT2D eigenvalue weighted by molar-refractivity contribution is 5.82. The lowest BCUT2D eigenvalue weighted by Gasteiger charge is -2.33. The Morgan fingerprint density at radius 1 is 1.39 bits per heavy atom. The molecule has 2 atom stereocenters. The molecule has 2 fully saturated rings. The molecule has 0 radical (unpaired) electrons. The molecular weight excluding hydrogens is 230 g/mol. The Balaban J connectivity index is 1.83. The summed E-state index contributed by atoms with van der Waals surface area (Å²) in [5.74, 6) is 0.137. The van der Waals surface area contributed by atoms with Gasteiger partial charge in [0.05, 0.1) is 0 Å². The van der Waals surface area contributed by atoms with Crippen LogP contribution in [0.15, 0.2) is 0 Å². The second-order valence-corrected chi connectivity index (χ2v) is 6.47. The third-order valence-corrected chi connectivity index (χ3v) is 4.41. The van der Waals surface area contributed by atoms with E-state index in [-0.39, 0.29) is 17.8 Å². The summed E-state index contributed by atoms with van der Waals surface area (Å²) in [5, 5.41) is 8.71. The van der Waals surface area contributed by atoms with E-state index in [4.69, 9.17) is 5.11 Å². The number of nitrogens with zero attached hydrogens (tertiary/aromatic N) is 1. The van der Waals surface area contributed by atoms with Crippen LogP contribution in [0.2, 0.25) is 0 Å². The topological polar surface area (TPSA) is 57.6 Å². The molecule has 0 spiro atoms. The van der Waals surface area contributed by atoms with Crippen LogP contribution in [-0.2, 0) is 9.59 Å². The van der Waals surface area contributed by atoms with Crippen molar-refractivity contribution >= 4 is 11.9 Å². The number of carboxylic acid groups (broad SMARTS) is 1. The fourth-order valence-electron chi connectivity index (χ4n) is 2.94. The first-order valence-corrected chi connectivity index (χ1v) is 6.91. The highest BCUT2D eigenvalue weighted by Crippen LogP contribution is 2.52. The Labute approximate surface area is 108 Å². The molecule has 2 rings (SSSR count). The average Bonchev–Trinajstić information content (AvgIpc) is 2.95. The quantitative estimate of drug-likeness (QED) is 0.835. The Morgan fingerprint density at radius 2 is 2.06 bits per heavy atom. The standard InChI is InChI=1S/C14H23NO3/c1-14(2)8-11(14)13(18)15-7-3-4-10(9-15)5-6-12(16)17/h10-11H,3-9H2,1-2H3,(H,16,17)/t10?,11-/m1/s1. The van der Waals surface area contributed by atoms with E-state index < -0.39 is 5.97 Å². The van der Waals surface area contributed by atoms with Gasteiger partial charge in [-0.1, -0.05) is 13.8 Å². The van der Waals surface area contributed by atoms with Gasteiger partial charge in [0.25, 0.3) is 0 Å². The maximum atomic E-state index is 12.3. The van der Waals surface area contributed by atoms with E-state index in [1.54, 1.807) is 0 Å². The zero-order chi connectivity index (χ0) is 13.3. The molecule has 102 valence electrons. The van der Waals surface area contributed by atoms with Gasteiger partial charge in [0.1, 0.15) is 0 Å². The maximum absolute atomic E-state index is 12.3. The van der Waals surface area contributed by atoms with Crippen molar-refractivity contribution in [3.05, 3.63) is 0 Å². The summed E-state index contributed by atoms with van der Waals surface area (Å²) in [4.78, 5) is 24.8. The van der Waals surface area contributed by atoms with Crippen molar-refractivity contribution in [3.8, 4) is 0 Å². The summed E-state index contributed by atoms with van der Waals surface area (Å²) in [5.41, 5.74) is 0.186. The number of hydrogen-bond acceptors (Lipinski definition) is 2. The lowest BCUT2D eigenvalue weighted by molar-refractivity contribution is -0.137. The van der Waals surface area contributed by atoms with Gasteiger partial charge in [-0.3, -0.25) is 9.59 Å². The van der Waals surface area contributed by atoms with E-state index in [0.717, 1.165) is 32.4 Å². The second kappa shape index (κ2) is 4.90. The molecule has 1 saturated heterocycles. The van der Waals surface area contributed by atoms with Crippen LogP contribution >= 0.6 is 0 Å². The van der Waals surface area contributed by atoms with Crippen LogP contribution in [0.1, 0.15) is 46.0 Å². The Kier molecular flexibility index (Phi) is 3.64. The summed E-state index contributed by atoms with van der Waals surface area (Å²) >= 11 is 0. The number of likely N-dealkylation sites (tertiary alicyclic amines) is 1. The highest BCUT2D eigenvalue weighted by Gasteiger charge is 2.52. The third kappa shape index (κ3) is 3.03. The molecule has 1 saturated carbocycles. The number of carboxylic acids is 1. The van der Waals surface area contributed by atoms with E-state index in [0.29, 0.717) is 18.2 Å². The fraction of sp³-hybridized carbons (Fsp3) is 0.857. The molecular formula is C14H23NO3. The summed E-state index contributed by atoms with van der Waals surface area (Å²) < 4.78 is 0. The van der Waals surface area contributed by atoms with Gasteiger partial charge in [-0.25, -0.2) is 0 Å². The smallest absolute Gasteiger partial charge is 0.303 e. The van der Waals surface area contributed by atoms with Gasteiger partial charge in [-0.2, -0.15) is 0 Å². The zero-order valence-electron chi connectivity index (χ0n) is 11.3. The van der Waals surface area contributed by atoms with E-state index in [9.17, 15) is 9.59 Å². The van der Waals surface area contributed by atoms with Crippen molar-refractivity contribution in [2.24, 2.45) is 17.3 Å². The summed E-state index contributed by atoms with van der Waals surface area (Å²) in [6.07, 6.45) is 4.01. The van der Waals surface area contributed by atoms with Gasteiger partial charge < -0.3 is 10.0 Å². The molecule has 1 aliphatic heterocycles. The summed E-state index contributed by atoms with van der Waals surface area (Å²) in [6, 6.07) is 0. The molecule has 0 aromatic carbocycles. The van der Waals surface area contributed by atoms with Gasteiger partial charge in [0.2, 0.25) is 5.91 Å². The Bertz CT molecular complexity index is 351. The molecule has 4 heteroatoms. The number of carbonyl (C=O) groups is 2. The minimum absolute atomic E-state index is 0.186. The van der Waals surface area contributed by atoms with Crippen LogP contribution in [0.3, 0.4) is 0 Å². The minimum atomic E-state index is -0.734. The number of amides is 1. The molecule has 1 aliphatic carbocycles. The molecule has 1 N–H and O–H groups in total. The molecule has 0 bridgehead atoms. The highest BCUT2D eigenvalue weighted by atomic mass is 16.4. The molecule has 1 heterocycles. The Hall–Kier alpha value is -1.06. The average molecular weight is 253 g/mol. The lowest BCUT2D eigenvalue weighted by Crippen LogP contribution is -2.41. The van der Waals surface area contributed by atoms with Crippen molar-refractivity contribution in [1.82, 2.24) is 4.90 Å². The van der Waals surface area contributed by atoms with E-state index >= 15 is 0 Å². The van der Waals surface area contributed by atoms with Crippen LogP contribution in [0, 0.1) is 17.3 Å². The zero-order valence-corrected chi connectivity index (χ0v) is 11.3.